The number of nitrogens with zero attached hydrogens (tertiary/aromatic N) is 1. The zero-order valence-electron chi connectivity index (χ0n) is 11.1. The number of H-pyrrole nitrogens is 1. The van der Waals surface area contributed by atoms with E-state index in [2.05, 4.69) is 9.97 Å². The van der Waals surface area contributed by atoms with E-state index in [9.17, 15) is 5.11 Å². The Morgan fingerprint density at radius 3 is 2.52 bits per heavy atom. The molecule has 0 radical (unpaired) electrons. The Hall–Kier alpha value is -2.59. The summed E-state index contributed by atoms with van der Waals surface area (Å²) in [5, 5.41) is 10.2. The molecular formula is C17H12N2OS. The second kappa shape index (κ2) is 4.75. The van der Waals surface area contributed by atoms with Crippen LogP contribution in [-0.4, -0.2) is 15.1 Å². The molecule has 3 nitrogen and oxygen atoms in total. The number of benzene rings is 2. The lowest BCUT2D eigenvalue weighted by atomic mass is 10.2. The lowest BCUT2D eigenvalue weighted by Gasteiger charge is -1.94. The van der Waals surface area contributed by atoms with Crippen LogP contribution in [0.5, 0.6) is 5.75 Å². The topological polar surface area (TPSA) is 48.9 Å². The summed E-state index contributed by atoms with van der Waals surface area (Å²) < 4.78 is 0. The molecule has 0 amide bonds. The first-order valence-electron chi connectivity index (χ1n) is 6.64. The van der Waals surface area contributed by atoms with Crippen LogP contribution < -0.4 is 0 Å². The third kappa shape index (κ3) is 2.10. The molecule has 2 aromatic heterocycles. The van der Waals surface area contributed by atoms with E-state index >= 15 is 0 Å². The minimum atomic E-state index is 0.262. The van der Waals surface area contributed by atoms with Crippen molar-refractivity contribution in [2.75, 3.05) is 0 Å². The highest BCUT2D eigenvalue weighted by atomic mass is 32.1. The molecule has 0 bridgehead atoms. The van der Waals surface area contributed by atoms with Crippen LogP contribution in [-0.2, 0) is 0 Å². The number of para-hydroxylation sites is 2. The smallest absolute Gasteiger partial charge is 0.152 e. The van der Waals surface area contributed by atoms with Gasteiger partial charge in [0.15, 0.2) is 5.82 Å². The van der Waals surface area contributed by atoms with Gasteiger partial charge in [0.2, 0.25) is 0 Å². The van der Waals surface area contributed by atoms with Crippen LogP contribution in [0.3, 0.4) is 0 Å². The SMILES string of the molecule is Oc1cc(-c2ccccc2)sc1-c1nc2ccccc2[nH]1. The second-order valence-corrected chi connectivity index (χ2v) is 5.85. The molecule has 0 aliphatic rings. The number of aromatic nitrogens is 2. The highest BCUT2D eigenvalue weighted by molar-refractivity contribution is 7.19. The molecule has 0 aliphatic carbocycles. The van der Waals surface area contributed by atoms with Gasteiger partial charge in [-0.25, -0.2) is 4.98 Å². The molecule has 2 aromatic carbocycles. The molecule has 21 heavy (non-hydrogen) atoms. The summed E-state index contributed by atoms with van der Waals surface area (Å²) in [6, 6.07) is 19.7. The molecule has 102 valence electrons. The maximum atomic E-state index is 10.2. The van der Waals surface area contributed by atoms with Crippen molar-refractivity contribution in [3.8, 4) is 26.9 Å². The van der Waals surface area contributed by atoms with Crippen molar-refractivity contribution >= 4 is 22.4 Å². The molecule has 4 rings (SSSR count). The van der Waals surface area contributed by atoms with Gasteiger partial charge in [0.05, 0.1) is 11.0 Å². The summed E-state index contributed by atoms with van der Waals surface area (Å²) in [7, 11) is 0. The van der Waals surface area contributed by atoms with E-state index in [1.807, 2.05) is 54.6 Å². The van der Waals surface area contributed by atoms with Gasteiger partial charge in [-0.3, -0.25) is 0 Å². The maximum absolute atomic E-state index is 10.2. The van der Waals surface area contributed by atoms with Gasteiger partial charge in [0, 0.05) is 4.88 Å². The fourth-order valence-corrected chi connectivity index (χ4v) is 3.36. The van der Waals surface area contributed by atoms with E-state index in [1.54, 1.807) is 6.07 Å². The molecule has 0 aliphatic heterocycles. The normalized spacial score (nSPS) is 11.0. The Morgan fingerprint density at radius 2 is 1.71 bits per heavy atom. The standard InChI is InChI=1S/C17H12N2OS/c20-14-10-15(11-6-2-1-3-7-11)21-16(14)17-18-12-8-4-5-9-13(12)19-17/h1-10,20H,(H,18,19). The van der Waals surface area contributed by atoms with Gasteiger partial charge in [-0.2, -0.15) is 0 Å². The van der Waals surface area contributed by atoms with Gasteiger partial charge < -0.3 is 10.1 Å². The van der Waals surface area contributed by atoms with Gasteiger partial charge in [-0.15, -0.1) is 11.3 Å². The lowest BCUT2D eigenvalue weighted by Crippen LogP contribution is -1.74. The number of hydrogen-bond donors (Lipinski definition) is 2. The quantitative estimate of drug-likeness (QED) is 0.564. The Labute approximate surface area is 125 Å². The third-order valence-corrected chi connectivity index (χ3v) is 4.56. The van der Waals surface area contributed by atoms with E-state index < -0.39 is 0 Å². The number of imidazole rings is 1. The number of thiophene rings is 1. The highest BCUT2D eigenvalue weighted by Crippen LogP contribution is 2.41. The number of fused-ring (bicyclic) bond motifs is 1. The van der Waals surface area contributed by atoms with Gasteiger partial charge in [-0.05, 0) is 23.8 Å². The molecule has 0 atom stereocenters. The third-order valence-electron chi connectivity index (χ3n) is 3.38. The first-order valence-corrected chi connectivity index (χ1v) is 7.46. The second-order valence-electron chi connectivity index (χ2n) is 4.79. The van der Waals surface area contributed by atoms with E-state index in [0.717, 1.165) is 26.4 Å². The average molecular weight is 292 g/mol. The van der Waals surface area contributed by atoms with Crippen molar-refractivity contribution in [3.05, 3.63) is 60.7 Å². The Bertz CT molecular complexity index is 876. The first-order chi connectivity index (χ1) is 10.3. The van der Waals surface area contributed by atoms with Gasteiger partial charge in [0.25, 0.3) is 0 Å². The molecule has 0 spiro atoms. The maximum Gasteiger partial charge on any atom is 0.152 e. The van der Waals surface area contributed by atoms with Gasteiger partial charge in [0.1, 0.15) is 10.6 Å². The molecule has 4 heteroatoms. The average Bonchev–Trinajstić information content (AvgIpc) is 3.11. The summed E-state index contributed by atoms with van der Waals surface area (Å²) in [4.78, 5) is 9.60. The van der Waals surface area contributed by atoms with Crippen LogP contribution in [0.25, 0.3) is 32.2 Å². The first kappa shape index (κ1) is 12.2. The van der Waals surface area contributed by atoms with E-state index in [4.69, 9.17) is 0 Å². The van der Waals surface area contributed by atoms with E-state index in [1.165, 1.54) is 11.3 Å². The number of aromatic hydroxyl groups is 1. The summed E-state index contributed by atoms with van der Waals surface area (Å²) in [5.74, 6) is 0.971. The molecule has 2 heterocycles. The lowest BCUT2D eigenvalue weighted by molar-refractivity contribution is 0.479. The largest absolute Gasteiger partial charge is 0.506 e. The van der Waals surface area contributed by atoms with Crippen molar-refractivity contribution in [1.29, 1.82) is 0 Å². The van der Waals surface area contributed by atoms with Gasteiger partial charge >= 0.3 is 0 Å². The molecule has 0 fully saturated rings. The van der Waals surface area contributed by atoms with E-state index in [-0.39, 0.29) is 5.75 Å². The van der Waals surface area contributed by atoms with Crippen molar-refractivity contribution in [1.82, 2.24) is 9.97 Å². The number of nitrogens with one attached hydrogen (secondary N) is 1. The van der Waals surface area contributed by atoms with Crippen LogP contribution >= 0.6 is 11.3 Å². The zero-order valence-corrected chi connectivity index (χ0v) is 11.9. The molecule has 0 saturated carbocycles. The summed E-state index contributed by atoms with van der Waals surface area (Å²) in [6.07, 6.45) is 0. The van der Waals surface area contributed by atoms with Crippen molar-refractivity contribution in [2.24, 2.45) is 0 Å². The van der Waals surface area contributed by atoms with Crippen molar-refractivity contribution < 1.29 is 5.11 Å². The van der Waals surface area contributed by atoms with Crippen LogP contribution in [0.15, 0.2) is 60.7 Å². The molecule has 0 saturated heterocycles. The monoisotopic (exact) mass is 292 g/mol. The fourth-order valence-electron chi connectivity index (χ4n) is 2.36. The minimum Gasteiger partial charge on any atom is -0.506 e. The molecule has 4 aromatic rings. The number of aromatic amines is 1. The predicted molar refractivity (Wildman–Crippen MR) is 86.5 cm³/mol. The number of hydrogen-bond acceptors (Lipinski definition) is 3. The highest BCUT2D eigenvalue weighted by Gasteiger charge is 2.14. The fraction of sp³-hybridized carbons (Fsp3) is 0. The van der Waals surface area contributed by atoms with Crippen molar-refractivity contribution in [3.63, 3.8) is 0 Å². The molecular weight excluding hydrogens is 280 g/mol. The van der Waals surface area contributed by atoms with Crippen LogP contribution in [0, 0.1) is 0 Å². The Morgan fingerprint density at radius 1 is 0.952 bits per heavy atom. The Balaban J connectivity index is 1.84. The van der Waals surface area contributed by atoms with Gasteiger partial charge in [-0.1, -0.05) is 42.5 Å². The molecule has 2 N–H and O–H groups in total. The molecule has 0 unspecified atom stereocenters. The van der Waals surface area contributed by atoms with Crippen molar-refractivity contribution in [2.45, 2.75) is 0 Å². The zero-order chi connectivity index (χ0) is 14.2. The summed E-state index contributed by atoms with van der Waals surface area (Å²) in [6.45, 7) is 0. The van der Waals surface area contributed by atoms with Crippen LogP contribution in [0.2, 0.25) is 0 Å². The summed E-state index contributed by atoms with van der Waals surface area (Å²) >= 11 is 1.54. The van der Waals surface area contributed by atoms with E-state index in [0.29, 0.717) is 5.82 Å². The van der Waals surface area contributed by atoms with Crippen LogP contribution in [0.1, 0.15) is 0 Å². The minimum absolute atomic E-state index is 0.262. The Kier molecular flexibility index (Phi) is 2.75. The predicted octanol–water partition coefficient (Wildman–Crippen LogP) is 4.66. The number of rotatable bonds is 2. The summed E-state index contributed by atoms with van der Waals surface area (Å²) in [5.41, 5.74) is 2.98. The van der Waals surface area contributed by atoms with Crippen LogP contribution in [0.4, 0.5) is 0 Å².